The lowest BCUT2D eigenvalue weighted by atomic mass is 9.68. The summed E-state index contributed by atoms with van der Waals surface area (Å²) in [6.07, 6.45) is 4.25. The van der Waals surface area contributed by atoms with Crippen LogP contribution < -0.4 is 0 Å². The Kier molecular flexibility index (Phi) is 3.17. The minimum Gasteiger partial charge on any atom is -0.389 e. The molecule has 0 saturated heterocycles. The first-order valence-corrected chi connectivity index (χ1v) is 6.79. The molecule has 3 unspecified atom stereocenters. The van der Waals surface area contributed by atoms with Gasteiger partial charge in [-0.1, -0.05) is 26.7 Å². The summed E-state index contributed by atoms with van der Waals surface area (Å²) in [5.41, 5.74) is 0.835. The highest BCUT2D eigenvalue weighted by Crippen LogP contribution is 2.39. The number of hydrogen-bond acceptors (Lipinski definition) is 2. The highest BCUT2D eigenvalue weighted by atomic mass is 32.1. The predicted molar refractivity (Wildman–Crippen MR) is 65.2 cm³/mol. The van der Waals surface area contributed by atoms with Crippen LogP contribution in [-0.4, -0.2) is 10.7 Å². The van der Waals surface area contributed by atoms with Gasteiger partial charge in [0, 0.05) is 6.42 Å². The molecule has 1 aromatic rings. The van der Waals surface area contributed by atoms with Crippen LogP contribution in [0.5, 0.6) is 0 Å². The van der Waals surface area contributed by atoms with Crippen molar-refractivity contribution in [2.75, 3.05) is 0 Å². The second-order valence-electron chi connectivity index (χ2n) is 5.07. The lowest BCUT2D eigenvalue weighted by Gasteiger charge is -2.42. The molecule has 84 valence electrons. The van der Waals surface area contributed by atoms with Crippen molar-refractivity contribution < 1.29 is 5.11 Å². The van der Waals surface area contributed by atoms with E-state index in [-0.39, 0.29) is 0 Å². The van der Waals surface area contributed by atoms with Crippen molar-refractivity contribution in [3.8, 4) is 0 Å². The van der Waals surface area contributed by atoms with E-state index in [4.69, 9.17) is 0 Å². The minimum atomic E-state index is -0.460. The third-order valence-electron chi connectivity index (χ3n) is 4.06. The largest absolute Gasteiger partial charge is 0.389 e. The van der Waals surface area contributed by atoms with E-state index in [0.29, 0.717) is 11.8 Å². The van der Waals surface area contributed by atoms with Crippen molar-refractivity contribution in [2.24, 2.45) is 11.8 Å². The Labute approximate surface area is 96.1 Å². The van der Waals surface area contributed by atoms with E-state index in [1.54, 1.807) is 11.3 Å². The molecule has 1 saturated carbocycles. The molecule has 0 aromatic carbocycles. The summed E-state index contributed by atoms with van der Waals surface area (Å²) in [5, 5.41) is 14.9. The van der Waals surface area contributed by atoms with Crippen molar-refractivity contribution in [3.05, 3.63) is 22.4 Å². The maximum Gasteiger partial charge on any atom is 0.0716 e. The fourth-order valence-corrected chi connectivity index (χ4v) is 3.40. The van der Waals surface area contributed by atoms with E-state index in [1.165, 1.54) is 18.4 Å². The first-order valence-electron chi connectivity index (χ1n) is 5.85. The summed E-state index contributed by atoms with van der Waals surface area (Å²) in [7, 11) is 0. The Bertz CT molecular complexity index is 306. The molecule has 1 aliphatic carbocycles. The highest BCUT2D eigenvalue weighted by Gasteiger charge is 2.39. The first-order chi connectivity index (χ1) is 7.12. The van der Waals surface area contributed by atoms with Crippen LogP contribution in [-0.2, 0) is 6.42 Å². The summed E-state index contributed by atoms with van der Waals surface area (Å²) in [6.45, 7) is 4.47. The van der Waals surface area contributed by atoms with Crippen molar-refractivity contribution in [2.45, 2.75) is 45.1 Å². The van der Waals surface area contributed by atoms with Gasteiger partial charge < -0.3 is 5.11 Å². The molecule has 15 heavy (non-hydrogen) atoms. The Hall–Kier alpha value is -0.340. The molecule has 1 aliphatic rings. The van der Waals surface area contributed by atoms with Crippen LogP contribution in [0.2, 0.25) is 0 Å². The van der Waals surface area contributed by atoms with Crippen LogP contribution in [0.4, 0.5) is 0 Å². The molecule has 0 spiro atoms. The smallest absolute Gasteiger partial charge is 0.0716 e. The summed E-state index contributed by atoms with van der Waals surface area (Å²) in [5.74, 6) is 1.08. The Balaban J connectivity index is 2.11. The molecule has 1 fully saturated rings. The van der Waals surface area contributed by atoms with Crippen LogP contribution in [0, 0.1) is 11.8 Å². The minimum absolute atomic E-state index is 0.422. The molecule has 1 heterocycles. The van der Waals surface area contributed by atoms with E-state index in [2.05, 4.69) is 30.7 Å². The third-order valence-corrected chi connectivity index (χ3v) is 4.79. The van der Waals surface area contributed by atoms with E-state index in [1.807, 2.05) is 0 Å². The summed E-state index contributed by atoms with van der Waals surface area (Å²) in [4.78, 5) is 0. The van der Waals surface area contributed by atoms with Gasteiger partial charge in [-0.2, -0.15) is 11.3 Å². The van der Waals surface area contributed by atoms with Crippen LogP contribution in [0.15, 0.2) is 16.8 Å². The molecule has 0 bridgehead atoms. The molecule has 2 rings (SSSR count). The van der Waals surface area contributed by atoms with Gasteiger partial charge in [0.2, 0.25) is 0 Å². The molecule has 2 heteroatoms. The summed E-state index contributed by atoms with van der Waals surface area (Å²) < 4.78 is 0. The number of rotatable bonds is 2. The van der Waals surface area contributed by atoms with Gasteiger partial charge in [0.1, 0.15) is 0 Å². The zero-order valence-corrected chi connectivity index (χ0v) is 10.4. The highest BCUT2D eigenvalue weighted by molar-refractivity contribution is 7.07. The average Bonchev–Trinajstić information content (AvgIpc) is 2.67. The SMILES string of the molecule is CC1CCCC(O)(Cc2ccsc2)C1C. The average molecular weight is 224 g/mol. The van der Waals surface area contributed by atoms with E-state index >= 15 is 0 Å². The van der Waals surface area contributed by atoms with Crippen molar-refractivity contribution in [1.29, 1.82) is 0 Å². The molecule has 1 N–H and O–H groups in total. The first kappa shape index (κ1) is 11.2. The Morgan fingerprint density at radius 3 is 3.00 bits per heavy atom. The summed E-state index contributed by atoms with van der Waals surface area (Å²) in [6, 6.07) is 2.13. The zero-order valence-electron chi connectivity index (χ0n) is 9.57. The van der Waals surface area contributed by atoms with Gasteiger partial charge in [-0.25, -0.2) is 0 Å². The maximum atomic E-state index is 10.7. The third kappa shape index (κ3) is 2.26. The van der Waals surface area contributed by atoms with Gasteiger partial charge in [-0.05, 0) is 40.6 Å². The standard InChI is InChI=1S/C13H20OS/c1-10-4-3-6-13(14,11(10)2)8-12-5-7-15-9-12/h5,7,9-11,14H,3-4,6,8H2,1-2H3. The van der Waals surface area contributed by atoms with Crippen molar-refractivity contribution in [1.82, 2.24) is 0 Å². The fourth-order valence-electron chi connectivity index (χ4n) is 2.73. The molecule has 0 radical (unpaired) electrons. The Morgan fingerprint density at radius 1 is 1.53 bits per heavy atom. The molecule has 1 nitrogen and oxygen atoms in total. The van der Waals surface area contributed by atoms with Gasteiger partial charge >= 0.3 is 0 Å². The van der Waals surface area contributed by atoms with E-state index < -0.39 is 5.60 Å². The van der Waals surface area contributed by atoms with Crippen LogP contribution >= 0.6 is 11.3 Å². The van der Waals surface area contributed by atoms with Crippen LogP contribution in [0.25, 0.3) is 0 Å². The lowest BCUT2D eigenvalue weighted by Crippen LogP contribution is -2.44. The van der Waals surface area contributed by atoms with Crippen molar-refractivity contribution >= 4 is 11.3 Å². The second-order valence-corrected chi connectivity index (χ2v) is 5.85. The van der Waals surface area contributed by atoms with Gasteiger partial charge in [0.25, 0.3) is 0 Å². The normalized spacial score (nSPS) is 36.7. The second kappa shape index (κ2) is 4.26. The zero-order chi connectivity index (χ0) is 10.9. The van der Waals surface area contributed by atoms with Gasteiger partial charge in [-0.15, -0.1) is 0 Å². The van der Waals surface area contributed by atoms with Gasteiger partial charge in [-0.3, -0.25) is 0 Å². The van der Waals surface area contributed by atoms with E-state index in [0.717, 1.165) is 12.8 Å². The molecular weight excluding hydrogens is 204 g/mol. The monoisotopic (exact) mass is 224 g/mol. The van der Waals surface area contributed by atoms with Gasteiger partial charge in [0.05, 0.1) is 5.60 Å². The van der Waals surface area contributed by atoms with Crippen LogP contribution in [0.3, 0.4) is 0 Å². The van der Waals surface area contributed by atoms with E-state index in [9.17, 15) is 5.11 Å². The molecule has 0 aliphatic heterocycles. The van der Waals surface area contributed by atoms with Crippen LogP contribution in [0.1, 0.15) is 38.7 Å². The Morgan fingerprint density at radius 2 is 2.33 bits per heavy atom. The number of thiophene rings is 1. The molecule has 3 atom stereocenters. The number of aliphatic hydroxyl groups is 1. The quantitative estimate of drug-likeness (QED) is 0.815. The predicted octanol–water partition coefficient (Wildman–Crippen LogP) is 3.48. The van der Waals surface area contributed by atoms with Crippen molar-refractivity contribution in [3.63, 3.8) is 0 Å². The molecule has 1 aromatic heterocycles. The fraction of sp³-hybridized carbons (Fsp3) is 0.692. The molecular formula is C13H20OS. The molecule has 0 amide bonds. The van der Waals surface area contributed by atoms with Gasteiger partial charge in [0.15, 0.2) is 0 Å². The maximum absolute atomic E-state index is 10.7. The summed E-state index contributed by atoms with van der Waals surface area (Å²) >= 11 is 1.72. The topological polar surface area (TPSA) is 20.2 Å². The lowest BCUT2D eigenvalue weighted by molar-refractivity contribution is -0.0620. The number of hydrogen-bond donors (Lipinski definition) is 1.